The molecule has 0 saturated heterocycles. The maximum atomic E-state index is 11.9. The molecule has 0 aliphatic rings. The quantitative estimate of drug-likeness (QED) is 0.862. The molecule has 0 saturated carbocycles. The van der Waals surface area contributed by atoms with Crippen LogP contribution in [0.5, 0.6) is 0 Å². The number of aryl methyl sites for hydroxylation is 1. The molecule has 0 bridgehead atoms. The lowest BCUT2D eigenvalue weighted by atomic mass is 9.99. The van der Waals surface area contributed by atoms with E-state index in [2.05, 4.69) is 15.3 Å². The summed E-state index contributed by atoms with van der Waals surface area (Å²) in [7, 11) is 0. The van der Waals surface area contributed by atoms with Crippen LogP contribution in [0.25, 0.3) is 0 Å². The molecule has 1 atom stereocenters. The number of amides is 1. The van der Waals surface area contributed by atoms with Crippen LogP contribution < -0.4 is 11.1 Å². The van der Waals surface area contributed by atoms with Crippen LogP contribution in [-0.4, -0.2) is 15.9 Å². The van der Waals surface area contributed by atoms with Gasteiger partial charge in [0.25, 0.3) is 0 Å². The molecule has 104 valence electrons. The molecule has 1 amide bonds. The van der Waals surface area contributed by atoms with Crippen LogP contribution >= 0.6 is 0 Å². The second kappa shape index (κ2) is 6.77. The highest BCUT2D eigenvalue weighted by Gasteiger charge is 2.13. The molecule has 20 heavy (non-hydrogen) atoms. The third kappa shape index (κ3) is 3.86. The zero-order valence-electron chi connectivity index (χ0n) is 11.4. The number of hydrogen-bond donors (Lipinski definition) is 2. The molecule has 0 aliphatic carbocycles. The largest absolute Gasteiger partial charge is 0.352 e. The van der Waals surface area contributed by atoms with E-state index in [-0.39, 0.29) is 18.4 Å². The fraction of sp³-hybridized carbons (Fsp3) is 0.267. The van der Waals surface area contributed by atoms with E-state index in [1.165, 1.54) is 6.33 Å². The number of benzene rings is 1. The van der Waals surface area contributed by atoms with Gasteiger partial charge in [0.1, 0.15) is 6.33 Å². The van der Waals surface area contributed by atoms with Crippen LogP contribution in [0.1, 0.15) is 29.2 Å². The summed E-state index contributed by atoms with van der Waals surface area (Å²) in [4.78, 5) is 19.7. The minimum atomic E-state index is -0.289. The van der Waals surface area contributed by atoms with Crippen molar-refractivity contribution in [2.45, 2.75) is 25.9 Å². The third-order valence-corrected chi connectivity index (χ3v) is 3.10. The van der Waals surface area contributed by atoms with Crippen molar-refractivity contribution in [1.82, 2.24) is 15.3 Å². The maximum Gasteiger partial charge on any atom is 0.222 e. The topological polar surface area (TPSA) is 80.9 Å². The van der Waals surface area contributed by atoms with Crippen LogP contribution in [0, 0.1) is 6.92 Å². The second-order valence-electron chi connectivity index (χ2n) is 4.69. The van der Waals surface area contributed by atoms with E-state index >= 15 is 0 Å². The Hall–Kier alpha value is -2.27. The second-order valence-corrected chi connectivity index (χ2v) is 4.69. The minimum Gasteiger partial charge on any atom is -0.352 e. The zero-order chi connectivity index (χ0) is 14.4. The van der Waals surface area contributed by atoms with E-state index in [9.17, 15) is 4.79 Å². The number of nitrogens with zero attached hydrogens (tertiary/aromatic N) is 2. The van der Waals surface area contributed by atoms with Crippen molar-refractivity contribution in [2.75, 3.05) is 0 Å². The number of rotatable bonds is 5. The van der Waals surface area contributed by atoms with E-state index in [4.69, 9.17) is 5.73 Å². The lowest BCUT2D eigenvalue weighted by Crippen LogP contribution is -2.27. The van der Waals surface area contributed by atoms with Crippen molar-refractivity contribution < 1.29 is 4.79 Å². The van der Waals surface area contributed by atoms with Gasteiger partial charge in [0.15, 0.2) is 0 Å². The van der Waals surface area contributed by atoms with Crippen molar-refractivity contribution in [3.63, 3.8) is 0 Å². The molecule has 1 aromatic carbocycles. The summed E-state index contributed by atoms with van der Waals surface area (Å²) in [5, 5.41) is 2.82. The molecule has 0 radical (unpaired) electrons. The van der Waals surface area contributed by atoms with Gasteiger partial charge in [0.2, 0.25) is 5.91 Å². The standard InChI is InChI=1S/C15H18N4O/c1-11-4-2-3-5-13(11)14(16)6-15(20)19-9-12-7-17-10-18-8-12/h2-5,7-8,10,14H,6,9,16H2,1H3,(H,19,20)/t14-/m0/s1. The Labute approximate surface area is 118 Å². The first-order valence-corrected chi connectivity index (χ1v) is 6.48. The van der Waals surface area contributed by atoms with Gasteiger partial charge in [0, 0.05) is 37.0 Å². The summed E-state index contributed by atoms with van der Waals surface area (Å²) >= 11 is 0. The molecule has 0 unspecified atom stereocenters. The molecule has 2 aromatic rings. The van der Waals surface area contributed by atoms with Gasteiger partial charge in [-0.1, -0.05) is 24.3 Å². The van der Waals surface area contributed by atoms with E-state index in [0.717, 1.165) is 16.7 Å². The van der Waals surface area contributed by atoms with Crippen molar-refractivity contribution in [1.29, 1.82) is 0 Å². The van der Waals surface area contributed by atoms with Crippen molar-refractivity contribution in [3.05, 3.63) is 59.7 Å². The highest BCUT2D eigenvalue weighted by atomic mass is 16.1. The number of nitrogens with two attached hydrogens (primary N) is 1. The Morgan fingerprint density at radius 1 is 1.30 bits per heavy atom. The molecular formula is C15H18N4O. The molecular weight excluding hydrogens is 252 g/mol. The zero-order valence-corrected chi connectivity index (χ0v) is 11.4. The van der Waals surface area contributed by atoms with Gasteiger partial charge in [-0.2, -0.15) is 0 Å². The van der Waals surface area contributed by atoms with Gasteiger partial charge < -0.3 is 11.1 Å². The monoisotopic (exact) mass is 270 g/mol. The normalized spacial score (nSPS) is 11.9. The lowest BCUT2D eigenvalue weighted by molar-refractivity contribution is -0.121. The van der Waals surface area contributed by atoms with Gasteiger partial charge in [-0.15, -0.1) is 0 Å². The summed E-state index contributed by atoms with van der Waals surface area (Å²) in [5.74, 6) is -0.0791. The van der Waals surface area contributed by atoms with Crippen molar-refractivity contribution in [3.8, 4) is 0 Å². The highest BCUT2D eigenvalue weighted by molar-refractivity contribution is 5.76. The number of hydrogen-bond acceptors (Lipinski definition) is 4. The first kappa shape index (κ1) is 14.1. The van der Waals surface area contributed by atoms with Gasteiger partial charge in [-0.25, -0.2) is 9.97 Å². The molecule has 5 nitrogen and oxygen atoms in total. The fourth-order valence-corrected chi connectivity index (χ4v) is 2.01. The molecule has 0 fully saturated rings. The number of aromatic nitrogens is 2. The summed E-state index contributed by atoms with van der Waals surface area (Å²) in [6, 6.07) is 7.55. The SMILES string of the molecule is Cc1ccccc1[C@@H](N)CC(=O)NCc1cncnc1. The van der Waals surface area contributed by atoms with Gasteiger partial charge in [-0.3, -0.25) is 4.79 Å². The van der Waals surface area contributed by atoms with Crippen molar-refractivity contribution in [2.24, 2.45) is 5.73 Å². The maximum absolute atomic E-state index is 11.9. The lowest BCUT2D eigenvalue weighted by Gasteiger charge is -2.14. The van der Waals surface area contributed by atoms with Crippen LogP contribution in [-0.2, 0) is 11.3 Å². The number of carbonyl (C=O) groups is 1. The highest BCUT2D eigenvalue weighted by Crippen LogP contribution is 2.17. The Balaban J connectivity index is 1.87. The minimum absolute atomic E-state index is 0.0791. The van der Waals surface area contributed by atoms with Crippen molar-refractivity contribution >= 4 is 5.91 Å². The molecule has 3 N–H and O–H groups in total. The van der Waals surface area contributed by atoms with Crippen LogP contribution in [0.4, 0.5) is 0 Å². The summed E-state index contributed by atoms with van der Waals surface area (Å²) in [6.45, 7) is 2.41. The first-order chi connectivity index (χ1) is 9.66. The smallest absolute Gasteiger partial charge is 0.222 e. The number of nitrogens with one attached hydrogen (secondary N) is 1. The average molecular weight is 270 g/mol. The third-order valence-electron chi connectivity index (χ3n) is 3.10. The summed E-state index contributed by atoms with van der Waals surface area (Å²) in [6.07, 6.45) is 5.07. The molecule has 0 spiro atoms. The average Bonchev–Trinajstić information content (AvgIpc) is 2.46. The van der Waals surface area contributed by atoms with E-state index in [0.29, 0.717) is 6.54 Å². The number of carbonyl (C=O) groups excluding carboxylic acids is 1. The Kier molecular flexibility index (Phi) is 4.79. The van der Waals surface area contributed by atoms with E-state index in [1.807, 2.05) is 31.2 Å². The predicted octanol–water partition coefficient (Wildman–Crippen LogP) is 1.49. The van der Waals surface area contributed by atoms with Gasteiger partial charge in [0.05, 0.1) is 0 Å². The molecule has 1 heterocycles. The Bertz CT molecular complexity index is 571. The molecule has 1 aromatic heterocycles. The van der Waals surface area contributed by atoms with Crippen LogP contribution in [0.15, 0.2) is 43.0 Å². The van der Waals surface area contributed by atoms with Gasteiger partial charge >= 0.3 is 0 Å². The Morgan fingerprint density at radius 2 is 2.00 bits per heavy atom. The van der Waals surface area contributed by atoms with Crippen LogP contribution in [0.2, 0.25) is 0 Å². The van der Waals surface area contributed by atoms with E-state index < -0.39 is 0 Å². The van der Waals surface area contributed by atoms with Crippen LogP contribution in [0.3, 0.4) is 0 Å². The molecule has 0 aliphatic heterocycles. The predicted molar refractivity (Wildman–Crippen MR) is 76.6 cm³/mol. The first-order valence-electron chi connectivity index (χ1n) is 6.48. The van der Waals surface area contributed by atoms with Gasteiger partial charge in [-0.05, 0) is 18.1 Å². The molecule has 5 heteroatoms. The van der Waals surface area contributed by atoms with E-state index in [1.54, 1.807) is 12.4 Å². The Morgan fingerprint density at radius 3 is 2.70 bits per heavy atom. The fourth-order valence-electron chi connectivity index (χ4n) is 2.01. The summed E-state index contributed by atoms with van der Waals surface area (Å²) in [5.41, 5.74) is 9.05. The summed E-state index contributed by atoms with van der Waals surface area (Å²) < 4.78 is 0. The molecule has 2 rings (SSSR count).